The van der Waals surface area contributed by atoms with Gasteiger partial charge in [0.1, 0.15) is 6.04 Å². The third-order valence-corrected chi connectivity index (χ3v) is 9.50. The van der Waals surface area contributed by atoms with Gasteiger partial charge >= 0.3 is 0 Å². The largest absolute Gasteiger partial charge is 0.493 e. The minimum atomic E-state index is -0.887. The van der Waals surface area contributed by atoms with Gasteiger partial charge in [0.15, 0.2) is 11.5 Å². The van der Waals surface area contributed by atoms with Gasteiger partial charge in [-0.15, -0.1) is 0 Å². The molecule has 2 heterocycles. The molecule has 0 spiro atoms. The maximum absolute atomic E-state index is 13.9. The summed E-state index contributed by atoms with van der Waals surface area (Å²) in [5.41, 5.74) is 3.34. The van der Waals surface area contributed by atoms with Crippen molar-refractivity contribution >= 4 is 17.5 Å². The highest BCUT2D eigenvalue weighted by Gasteiger charge is 2.38. The lowest BCUT2D eigenvalue weighted by molar-refractivity contribution is -0.130. The van der Waals surface area contributed by atoms with E-state index in [-0.39, 0.29) is 31.6 Å². The predicted molar refractivity (Wildman–Crippen MR) is 186 cm³/mol. The number of amides is 2. The van der Waals surface area contributed by atoms with Gasteiger partial charge in [0.2, 0.25) is 24.4 Å². The molecular formula is C38H48N4O7. The van der Waals surface area contributed by atoms with Crippen LogP contribution in [-0.4, -0.2) is 90.8 Å². The van der Waals surface area contributed by atoms with Crippen molar-refractivity contribution in [2.75, 3.05) is 45.0 Å². The van der Waals surface area contributed by atoms with Crippen molar-refractivity contribution in [3.8, 4) is 17.2 Å². The number of rotatable bonds is 11. The van der Waals surface area contributed by atoms with Crippen LogP contribution in [0.15, 0.2) is 66.7 Å². The van der Waals surface area contributed by atoms with Crippen LogP contribution in [-0.2, 0) is 22.4 Å². The summed E-state index contributed by atoms with van der Waals surface area (Å²) in [6.45, 7) is 7.66. The van der Waals surface area contributed by atoms with Gasteiger partial charge in [0, 0.05) is 61.9 Å². The van der Waals surface area contributed by atoms with Crippen molar-refractivity contribution in [1.82, 2.24) is 15.5 Å². The minimum absolute atomic E-state index is 0.120. The number of carbonyl (C=O) groups is 2. The summed E-state index contributed by atoms with van der Waals surface area (Å²) < 4.78 is 16.8. The standard InChI is InChI=1S/C38H48N4O7/c1-38(2,3)40-37(46)30-22-41(27-19-32(47-4)35-33(20-27)48-23-49-35)14-15-42(30)21-28(43)17-26(16-24-10-6-5-7-11-24)36(45)39-34-29-13-9-8-12-25(29)18-31(34)44/h5-13,19-20,26,28,30-31,34,43-44H,14-18,21-23H2,1-4H3,(H,39,45)(H,40,46)/t26-,28+,30+,31-,34+/m1/s1. The quantitative estimate of drug-likeness (QED) is 0.243. The lowest BCUT2D eigenvalue weighted by atomic mass is 9.91. The highest BCUT2D eigenvalue weighted by atomic mass is 16.7. The molecule has 4 N–H and O–H groups in total. The third-order valence-electron chi connectivity index (χ3n) is 9.50. The van der Waals surface area contributed by atoms with Crippen LogP contribution in [0.2, 0.25) is 0 Å². The smallest absolute Gasteiger partial charge is 0.239 e. The molecule has 1 saturated heterocycles. The molecule has 6 rings (SSSR count). The van der Waals surface area contributed by atoms with Crippen molar-refractivity contribution in [3.05, 3.63) is 83.4 Å². The van der Waals surface area contributed by atoms with Crippen molar-refractivity contribution in [1.29, 1.82) is 0 Å². The van der Waals surface area contributed by atoms with E-state index in [1.807, 2.05) is 92.4 Å². The van der Waals surface area contributed by atoms with Gasteiger partial charge in [-0.2, -0.15) is 0 Å². The van der Waals surface area contributed by atoms with Crippen LogP contribution < -0.4 is 29.7 Å². The number of aliphatic hydroxyl groups is 2. The Hall–Kier alpha value is -4.32. The monoisotopic (exact) mass is 672 g/mol. The van der Waals surface area contributed by atoms with Crippen LogP contribution in [0.3, 0.4) is 0 Å². The number of benzene rings is 3. The van der Waals surface area contributed by atoms with Crippen LogP contribution in [0, 0.1) is 5.92 Å². The summed E-state index contributed by atoms with van der Waals surface area (Å²) in [6, 6.07) is 20.2. The zero-order chi connectivity index (χ0) is 34.7. The first-order valence-electron chi connectivity index (χ1n) is 17.1. The Morgan fingerprint density at radius 1 is 1.04 bits per heavy atom. The van der Waals surface area contributed by atoms with Crippen LogP contribution >= 0.6 is 0 Å². The Balaban J connectivity index is 1.18. The van der Waals surface area contributed by atoms with Gasteiger partial charge in [0.25, 0.3) is 0 Å². The molecule has 3 aliphatic rings. The fourth-order valence-corrected chi connectivity index (χ4v) is 7.15. The third kappa shape index (κ3) is 8.12. The van der Waals surface area contributed by atoms with E-state index in [1.54, 1.807) is 7.11 Å². The summed E-state index contributed by atoms with van der Waals surface area (Å²) in [6.07, 6.45) is -0.495. The number of piperazine rings is 1. The van der Waals surface area contributed by atoms with Gasteiger partial charge in [-0.05, 0) is 50.3 Å². The Bertz CT molecular complexity index is 1630. The summed E-state index contributed by atoms with van der Waals surface area (Å²) in [7, 11) is 1.58. The van der Waals surface area contributed by atoms with E-state index in [2.05, 4.69) is 15.5 Å². The molecule has 1 aliphatic carbocycles. The van der Waals surface area contributed by atoms with Crippen LogP contribution in [0.1, 0.15) is 49.9 Å². The first kappa shape index (κ1) is 34.5. The van der Waals surface area contributed by atoms with Gasteiger partial charge in [0.05, 0.1) is 25.4 Å². The molecule has 262 valence electrons. The normalized spacial score (nSPS) is 21.5. The zero-order valence-electron chi connectivity index (χ0n) is 28.7. The fraction of sp³-hybridized carbons (Fsp3) is 0.474. The number of hydrogen-bond acceptors (Lipinski definition) is 9. The number of nitrogens with one attached hydrogen (secondary N) is 2. The molecule has 0 unspecified atom stereocenters. The molecule has 11 nitrogen and oxygen atoms in total. The number of anilines is 1. The Morgan fingerprint density at radius 3 is 2.55 bits per heavy atom. The second-order valence-electron chi connectivity index (χ2n) is 14.3. The van der Waals surface area contributed by atoms with E-state index in [0.717, 1.165) is 22.4 Å². The topological polar surface area (TPSA) is 133 Å². The van der Waals surface area contributed by atoms with Crippen LogP contribution in [0.4, 0.5) is 5.69 Å². The van der Waals surface area contributed by atoms with Crippen molar-refractivity contribution in [2.45, 2.75) is 69.9 Å². The van der Waals surface area contributed by atoms with Crippen LogP contribution in [0.5, 0.6) is 17.2 Å². The first-order valence-corrected chi connectivity index (χ1v) is 17.1. The average molecular weight is 673 g/mol. The van der Waals surface area contributed by atoms with Crippen molar-refractivity contribution in [3.63, 3.8) is 0 Å². The number of fused-ring (bicyclic) bond motifs is 2. The number of β-amino-alcohol motifs (C(OH)–C–C–N with tert-alkyl or cyclic N) is 1. The average Bonchev–Trinajstić information content (AvgIpc) is 3.67. The first-order chi connectivity index (χ1) is 23.5. The maximum Gasteiger partial charge on any atom is 0.239 e. The minimum Gasteiger partial charge on any atom is -0.493 e. The second-order valence-corrected chi connectivity index (χ2v) is 14.3. The van der Waals surface area contributed by atoms with E-state index in [1.165, 1.54) is 0 Å². The van der Waals surface area contributed by atoms with Gasteiger partial charge in [-0.25, -0.2) is 0 Å². The molecule has 2 aliphatic heterocycles. The number of ether oxygens (including phenoxy) is 3. The number of carbonyl (C=O) groups excluding carboxylic acids is 2. The molecule has 5 atom stereocenters. The number of nitrogens with zero attached hydrogens (tertiary/aromatic N) is 2. The SMILES string of the molecule is COc1cc(N2CCN(C[C@@H](O)C[C@@H](Cc3ccccc3)C(=O)N[C@H]3c4ccccc4C[C@H]3O)[C@H](C(=O)NC(C)(C)C)C2)cc2c1OCO2. The molecule has 3 aromatic carbocycles. The van der Waals surface area contributed by atoms with E-state index in [9.17, 15) is 19.8 Å². The molecule has 3 aromatic rings. The number of hydrogen-bond donors (Lipinski definition) is 4. The Kier molecular flexibility index (Phi) is 10.3. The highest BCUT2D eigenvalue weighted by molar-refractivity contribution is 5.83. The van der Waals surface area contributed by atoms with E-state index < -0.39 is 35.7 Å². The van der Waals surface area contributed by atoms with Crippen LogP contribution in [0.25, 0.3) is 0 Å². The zero-order valence-corrected chi connectivity index (χ0v) is 28.7. The second kappa shape index (κ2) is 14.7. The molecule has 0 aromatic heterocycles. The summed E-state index contributed by atoms with van der Waals surface area (Å²) in [5.74, 6) is 0.823. The lowest BCUT2D eigenvalue weighted by Crippen LogP contribution is -2.62. The van der Waals surface area contributed by atoms with Gasteiger partial charge in [-0.3, -0.25) is 14.5 Å². The molecule has 11 heteroatoms. The van der Waals surface area contributed by atoms with Crippen molar-refractivity contribution in [2.24, 2.45) is 5.92 Å². The number of methoxy groups -OCH3 is 1. The highest BCUT2D eigenvalue weighted by Crippen LogP contribution is 2.44. The molecule has 0 bridgehead atoms. The van der Waals surface area contributed by atoms with Gasteiger partial charge < -0.3 is 40.0 Å². The van der Waals surface area contributed by atoms with E-state index in [0.29, 0.717) is 49.7 Å². The Labute approximate surface area is 288 Å². The molecule has 49 heavy (non-hydrogen) atoms. The van der Waals surface area contributed by atoms with E-state index >= 15 is 0 Å². The molecule has 0 radical (unpaired) electrons. The van der Waals surface area contributed by atoms with Gasteiger partial charge in [-0.1, -0.05) is 54.6 Å². The lowest BCUT2D eigenvalue weighted by Gasteiger charge is -2.43. The van der Waals surface area contributed by atoms with E-state index in [4.69, 9.17) is 14.2 Å². The molecule has 0 saturated carbocycles. The summed E-state index contributed by atoms with van der Waals surface area (Å²) >= 11 is 0. The van der Waals surface area contributed by atoms with Crippen molar-refractivity contribution < 1.29 is 34.0 Å². The Morgan fingerprint density at radius 2 is 1.80 bits per heavy atom. The summed E-state index contributed by atoms with van der Waals surface area (Å²) in [5, 5.41) is 28.7. The fourth-order valence-electron chi connectivity index (χ4n) is 7.15. The molecular weight excluding hydrogens is 624 g/mol. The molecule has 2 amide bonds. The number of aliphatic hydroxyl groups excluding tert-OH is 2. The maximum atomic E-state index is 13.9. The summed E-state index contributed by atoms with van der Waals surface area (Å²) in [4.78, 5) is 31.8. The molecule has 1 fully saturated rings. The predicted octanol–water partition coefficient (Wildman–Crippen LogP) is 3.21.